The van der Waals surface area contributed by atoms with Gasteiger partial charge in [-0.15, -0.1) is 0 Å². The zero-order valence-electron chi connectivity index (χ0n) is 16.0. The fourth-order valence-corrected chi connectivity index (χ4v) is 6.76. The molecule has 0 atom stereocenters. The van der Waals surface area contributed by atoms with Crippen molar-refractivity contribution in [3.05, 3.63) is 0 Å². The normalized spacial score (nSPS) is 12.3. The molecule has 0 aromatic rings. The van der Waals surface area contributed by atoms with E-state index in [2.05, 4.69) is 50.0 Å². The summed E-state index contributed by atoms with van der Waals surface area (Å²) in [5.74, 6) is 0. The van der Waals surface area contributed by atoms with E-state index in [-0.39, 0.29) is 6.03 Å². The second-order valence-electron chi connectivity index (χ2n) is 7.97. The molecule has 0 saturated carbocycles. The first-order chi connectivity index (χ1) is 10.2. The second kappa shape index (κ2) is 11.3. The third kappa shape index (κ3) is 12.3. The fourth-order valence-electron chi connectivity index (χ4n) is 2.76. The van der Waals surface area contributed by atoms with Gasteiger partial charge in [-0.3, -0.25) is 4.79 Å². The summed E-state index contributed by atoms with van der Waals surface area (Å²) in [6.07, 6.45) is 10.3. The van der Waals surface area contributed by atoms with Crippen LogP contribution >= 0.6 is 0 Å². The monoisotopic (exact) mass is 344 g/mol. The van der Waals surface area contributed by atoms with E-state index in [0.717, 1.165) is 0 Å². The van der Waals surface area contributed by atoms with Gasteiger partial charge in [-0.25, -0.2) is 0 Å². The van der Waals surface area contributed by atoms with Crippen molar-refractivity contribution in [2.24, 2.45) is 0 Å². The Hall–Kier alpha value is -0.296. The maximum Gasteiger partial charge on any atom is 0.298 e. The third-order valence-corrected chi connectivity index (χ3v) is 9.23. The van der Waals surface area contributed by atoms with Crippen LogP contribution in [0.4, 0.5) is 4.79 Å². The number of hydrogen-bond acceptors (Lipinski definition) is 1. The van der Waals surface area contributed by atoms with Crippen LogP contribution in [-0.4, -0.2) is 22.5 Å². The number of urea groups is 1. The molecule has 132 valence electrons. The molecule has 0 unspecified atom stereocenters. The zero-order valence-corrected chi connectivity index (χ0v) is 18.0. The van der Waals surface area contributed by atoms with Gasteiger partial charge in [0, 0.05) is 0 Å². The van der Waals surface area contributed by atoms with Gasteiger partial charge in [0.2, 0.25) is 0 Å². The van der Waals surface area contributed by atoms with E-state index in [1.54, 1.807) is 0 Å². The second-order valence-corrected chi connectivity index (χ2v) is 17.0. The zero-order chi connectivity index (χ0) is 17.1. The maximum atomic E-state index is 12.3. The largest absolute Gasteiger partial charge is 0.365 e. The van der Waals surface area contributed by atoms with E-state index in [9.17, 15) is 4.79 Å². The van der Waals surface area contributed by atoms with E-state index in [1.807, 2.05) is 0 Å². The molecule has 22 heavy (non-hydrogen) atoms. The van der Waals surface area contributed by atoms with Gasteiger partial charge >= 0.3 is 0 Å². The number of unbranched alkanes of at least 4 members (excludes halogenated alkanes) is 6. The molecule has 0 aliphatic rings. The van der Waals surface area contributed by atoms with Crippen molar-refractivity contribution in [2.75, 3.05) is 0 Å². The number of nitrogens with one attached hydrogen (secondary N) is 2. The van der Waals surface area contributed by atoms with Gasteiger partial charge in [-0.1, -0.05) is 91.4 Å². The first-order valence-corrected chi connectivity index (χ1v) is 15.7. The summed E-state index contributed by atoms with van der Waals surface area (Å²) in [7, 11) is -3.20. The summed E-state index contributed by atoms with van der Waals surface area (Å²) in [5, 5.41) is 0. The Balaban J connectivity index is 4.07. The molecule has 0 bridgehead atoms. The van der Waals surface area contributed by atoms with Gasteiger partial charge in [-0.2, -0.15) is 0 Å². The first-order valence-electron chi connectivity index (χ1n) is 9.33. The lowest BCUT2D eigenvalue weighted by molar-refractivity contribution is 0.249. The molecule has 0 heterocycles. The van der Waals surface area contributed by atoms with E-state index in [4.69, 9.17) is 0 Å². The first kappa shape index (κ1) is 21.7. The van der Waals surface area contributed by atoms with Crippen LogP contribution < -0.4 is 9.96 Å². The predicted molar refractivity (Wildman–Crippen MR) is 105 cm³/mol. The van der Waals surface area contributed by atoms with Crippen molar-refractivity contribution >= 4 is 22.5 Å². The van der Waals surface area contributed by atoms with Crippen LogP contribution in [-0.2, 0) is 0 Å². The van der Waals surface area contributed by atoms with E-state index < -0.39 is 16.5 Å². The van der Waals surface area contributed by atoms with Crippen LogP contribution in [0.15, 0.2) is 0 Å². The van der Waals surface area contributed by atoms with Gasteiger partial charge in [0.15, 0.2) is 16.5 Å². The minimum atomic E-state index is -1.60. The molecule has 0 rings (SSSR count). The summed E-state index contributed by atoms with van der Waals surface area (Å²) in [4.78, 5) is 18.9. The van der Waals surface area contributed by atoms with E-state index in [0.29, 0.717) is 0 Å². The average Bonchev–Trinajstić information content (AvgIpc) is 2.38. The maximum absolute atomic E-state index is 12.3. The highest BCUT2D eigenvalue weighted by molar-refractivity contribution is 6.80. The molecule has 0 saturated heterocycles. The number of carbonyl (C=O) groups excluding carboxylic acids is 1. The van der Waals surface area contributed by atoms with Crippen molar-refractivity contribution < 1.29 is 4.79 Å². The highest BCUT2D eigenvalue weighted by atomic mass is 28.3. The van der Waals surface area contributed by atoms with Gasteiger partial charge in [0.05, 0.1) is 0 Å². The van der Waals surface area contributed by atoms with Crippen molar-refractivity contribution in [2.45, 2.75) is 103 Å². The predicted octanol–water partition coefficient (Wildman–Crippen LogP) is 5.86. The van der Waals surface area contributed by atoms with Crippen molar-refractivity contribution in [3.8, 4) is 0 Å². The Morgan fingerprint density at radius 2 is 1.05 bits per heavy atom. The fraction of sp³-hybridized carbons (Fsp3) is 0.941. The molecule has 3 nitrogen and oxygen atoms in total. The Bertz CT molecular complexity index is 279. The molecular weight excluding hydrogens is 304 g/mol. The molecule has 2 N–H and O–H groups in total. The Labute approximate surface area is 141 Å². The van der Waals surface area contributed by atoms with Gasteiger partial charge in [0.1, 0.15) is 0 Å². The Morgan fingerprint density at radius 1 is 0.682 bits per heavy atom. The van der Waals surface area contributed by atoms with Gasteiger partial charge in [-0.05, 0) is 12.1 Å². The summed E-state index contributed by atoms with van der Waals surface area (Å²) >= 11 is 0. The summed E-state index contributed by atoms with van der Waals surface area (Å²) in [6.45, 7) is 13.6. The molecule has 0 radical (unpaired) electrons. The average molecular weight is 345 g/mol. The van der Waals surface area contributed by atoms with Crippen molar-refractivity contribution in [1.29, 1.82) is 0 Å². The SMILES string of the molecule is CCCCCC[Si](C)(C)NC(=O)N[Si](C)(C)CCCCCC. The summed E-state index contributed by atoms with van der Waals surface area (Å²) in [6, 6.07) is 2.48. The molecule has 0 aromatic carbocycles. The van der Waals surface area contributed by atoms with Crippen LogP contribution in [0, 0.1) is 0 Å². The molecule has 0 aromatic heterocycles. The number of carbonyl (C=O) groups is 1. The van der Waals surface area contributed by atoms with Crippen LogP contribution in [0.5, 0.6) is 0 Å². The minimum Gasteiger partial charge on any atom is -0.365 e. The summed E-state index contributed by atoms with van der Waals surface area (Å²) < 4.78 is 0. The number of hydrogen-bond donors (Lipinski definition) is 2. The van der Waals surface area contributed by atoms with Gasteiger partial charge in [0.25, 0.3) is 6.03 Å². The van der Waals surface area contributed by atoms with Crippen LogP contribution in [0.1, 0.15) is 65.2 Å². The molecule has 0 aliphatic heterocycles. The van der Waals surface area contributed by atoms with Crippen molar-refractivity contribution in [3.63, 3.8) is 0 Å². The summed E-state index contributed by atoms with van der Waals surface area (Å²) in [5.41, 5.74) is 0. The molecule has 0 fully saturated rings. The lowest BCUT2D eigenvalue weighted by Crippen LogP contribution is -2.58. The standard InChI is InChI=1S/C17H40N2OSi2/c1-7-9-11-13-15-21(3,4)18-17(20)19-22(5,6)16-14-12-10-8-2/h7-16H2,1-6H3,(H2,18,19,20). The third-order valence-electron chi connectivity index (χ3n) is 4.21. The van der Waals surface area contributed by atoms with E-state index >= 15 is 0 Å². The Kier molecular flexibility index (Phi) is 11.1. The molecular formula is C17H40N2OSi2. The van der Waals surface area contributed by atoms with E-state index in [1.165, 1.54) is 63.5 Å². The van der Waals surface area contributed by atoms with Crippen LogP contribution in [0.3, 0.4) is 0 Å². The van der Waals surface area contributed by atoms with Gasteiger partial charge < -0.3 is 9.96 Å². The highest BCUT2D eigenvalue weighted by Crippen LogP contribution is 2.15. The smallest absolute Gasteiger partial charge is 0.298 e. The van der Waals surface area contributed by atoms with Crippen LogP contribution in [0.2, 0.25) is 38.3 Å². The number of rotatable bonds is 12. The molecule has 0 aliphatic carbocycles. The molecule has 5 heteroatoms. The minimum absolute atomic E-state index is 0.0966. The Morgan fingerprint density at radius 3 is 1.36 bits per heavy atom. The lowest BCUT2D eigenvalue weighted by atomic mass is 10.2. The topological polar surface area (TPSA) is 41.1 Å². The highest BCUT2D eigenvalue weighted by Gasteiger charge is 2.27. The molecule has 0 spiro atoms. The molecule has 2 amide bonds. The lowest BCUT2D eigenvalue weighted by Gasteiger charge is -2.29. The van der Waals surface area contributed by atoms with Crippen molar-refractivity contribution in [1.82, 2.24) is 9.96 Å². The number of amides is 2. The van der Waals surface area contributed by atoms with Crippen LogP contribution in [0.25, 0.3) is 0 Å². The quantitative estimate of drug-likeness (QED) is 0.338.